The first kappa shape index (κ1) is 14.2. The number of carboxylic acids is 1. The Kier molecular flexibility index (Phi) is 4.68. The van der Waals surface area contributed by atoms with Crippen molar-refractivity contribution in [1.82, 2.24) is 0 Å². The minimum absolute atomic E-state index is 0.113. The summed E-state index contributed by atoms with van der Waals surface area (Å²) in [6, 6.07) is 4.39. The number of alkyl halides is 1. The van der Waals surface area contributed by atoms with E-state index in [-0.39, 0.29) is 11.3 Å². The zero-order chi connectivity index (χ0) is 13.2. The molecule has 0 aliphatic rings. The quantitative estimate of drug-likeness (QED) is 0.836. The van der Waals surface area contributed by atoms with Crippen molar-refractivity contribution in [2.45, 2.75) is 17.9 Å². The number of aliphatic hydroxyl groups is 1. The second-order valence-electron chi connectivity index (χ2n) is 3.49. The molecule has 1 aromatic rings. The van der Waals surface area contributed by atoms with Crippen molar-refractivity contribution in [1.29, 1.82) is 0 Å². The van der Waals surface area contributed by atoms with Crippen LogP contribution >= 0.6 is 27.5 Å². The van der Waals surface area contributed by atoms with E-state index in [9.17, 15) is 14.7 Å². The summed E-state index contributed by atoms with van der Waals surface area (Å²) in [6.07, 6.45) is -1.71. The van der Waals surface area contributed by atoms with Crippen molar-refractivity contribution in [3.8, 4) is 0 Å². The summed E-state index contributed by atoms with van der Waals surface area (Å²) in [5.41, 5.74) is 0.513. The highest BCUT2D eigenvalue weighted by molar-refractivity contribution is 9.09. The number of carbonyl (C=O) groups excluding carboxylic acids is 1. The molecule has 0 heterocycles. The third-order valence-corrected chi connectivity index (χ3v) is 3.58. The van der Waals surface area contributed by atoms with Gasteiger partial charge in [-0.1, -0.05) is 33.6 Å². The highest BCUT2D eigenvalue weighted by Crippen LogP contribution is 2.32. The fourth-order valence-electron chi connectivity index (χ4n) is 1.37. The van der Waals surface area contributed by atoms with E-state index in [0.717, 1.165) is 0 Å². The molecule has 0 amide bonds. The zero-order valence-corrected chi connectivity index (χ0v) is 11.2. The van der Waals surface area contributed by atoms with Crippen molar-refractivity contribution in [2.75, 3.05) is 0 Å². The first-order valence-electron chi connectivity index (χ1n) is 4.69. The van der Waals surface area contributed by atoms with E-state index in [2.05, 4.69) is 15.9 Å². The monoisotopic (exact) mass is 320 g/mol. The number of hydrogen-bond acceptors (Lipinski definition) is 3. The van der Waals surface area contributed by atoms with Gasteiger partial charge in [-0.3, -0.25) is 4.79 Å². The average molecular weight is 322 g/mol. The summed E-state index contributed by atoms with van der Waals surface area (Å²) in [5, 5.41) is 18.6. The van der Waals surface area contributed by atoms with Crippen LogP contribution in [0, 0.1) is 0 Å². The molecule has 1 aromatic carbocycles. The Hall–Kier alpha value is -0.910. The Labute approximate surface area is 111 Å². The molecule has 2 atom stereocenters. The first-order chi connectivity index (χ1) is 7.84. The highest BCUT2D eigenvalue weighted by Gasteiger charge is 2.24. The molecule has 0 saturated heterocycles. The van der Waals surface area contributed by atoms with Crippen LogP contribution in [0.4, 0.5) is 0 Å². The van der Waals surface area contributed by atoms with Gasteiger partial charge in [0, 0.05) is 5.02 Å². The first-order valence-corrected chi connectivity index (χ1v) is 5.98. The van der Waals surface area contributed by atoms with Gasteiger partial charge in [-0.2, -0.15) is 0 Å². The van der Waals surface area contributed by atoms with E-state index in [0.29, 0.717) is 10.6 Å². The summed E-state index contributed by atoms with van der Waals surface area (Å²) in [4.78, 5) is 21.4. The normalized spacial score (nSPS) is 14.1. The van der Waals surface area contributed by atoms with Crippen LogP contribution in [-0.2, 0) is 9.59 Å². The van der Waals surface area contributed by atoms with Gasteiger partial charge in [0.1, 0.15) is 5.78 Å². The Morgan fingerprint density at radius 3 is 2.41 bits per heavy atom. The number of rotatable bonds is 4. The van der Waals surface area contributed by atoms with E-state index >= 15 is 0 Å². The number of carboxylic acid groups (broad SMARTS) is 1. The molecule has 0 fully saturated rings. The van der Waals surface area contributed by atoms with Gasteiger partial charge < -0.3 is 10.2 Å². The summed E-state index contributed by atoms with van der Waals surface area (Å²) < 4.78 is 0. The van der Waals surface area contributed by atoms with Gasteiger partial charge in [-0.25, -0.2) is 4.79 Å². The second kappa shape index (κ2) is 5.62. The fourth-order valence-corrected chi connectivity index (χ4v) is 1.96. The van der Waals surface area contributed by atoms with Gasteiger partial charge in [0.2, 0.25) is 0 Å². The lowest BCUT2D eigenvalue weighted by molar-refractivity contribution is -0.147. The Morgan fingerprint density at radius 2 is 1.94 bits per heavy atom. The molecule has 92 valence electrons. The number of aliphatic hydroxyl groups excluding tert-OH is 1. The zero-order valence-electron chi connectivity index (χ0n) is 8.85. The number of aliphatic carboxylic acids is 1. The van der Waals surface area contributed by atoms with Crippen molar-refractivity contribution >= 4 is 39.3 Å². The molecule has 6 heteroatoms. The Morgan fingerprint density at radius 1 is 1.35 bits per heavy atom. The van der Waals surface area contributed by atoms with Gasteiger partial charge in [-0.05, 0) is 30.2 Å². The maximum Gasteiger partial charge on any atom is 0.337 e. The molecule has 0 aliphatic heterocycles. The lowest BCUT2D eigenvalue weighted by Crippen LogP contribution is -2.15. The third kappa shape index (κ3) is 3.28. The van der Waals surface area contributed by atoms with Crippen LogP contribution in [0.15, 0.2) is 18.2 Å². The smallest absolute Gasteiger partial charge is 0.337 e. The van der Waals surface area contributed by atoms with Crippen LogP contribution in [0.2, 0.25) is 5.02 Å². The average Bonchev–Trinajstić information content (AvgIpc) is 2.26. The van der Waals surface area contributed by atoms with Crippen molar-refractivity contribution in [3.05, 3.63) is 34.3 Å². The standard InChI is InChI=1S/C11H10BrClO4/c1-5(14)9(12)7-3-2-6(13)4-8(7)10(15)11(16)17/h2-4,9-10,15H,1H3,(H,16,17). The predicted octanol–water partition coefficient (Wildman–Crippen LogP) is 2.48. The van der Waals surface area contributed by atoms with E-state index in [1.165, 1.54) is 25.1 Å². The fraction of sp³-hybridized carbons (Fsp3) is 0.273. The van der Waals surface area contributed by atoms with Gasteiger partial charge in [0.05, 0.1) is 4.83 Å². The molecular formula is C11H10BrClO4. The molecule has 0 aliphatic carbocycles. The van der Waals surface area contributed by atoms with Gasteiger partial charge in [0.15, 0.2) is 6.10 Å². The SMILES string of the molecule is CC(=O)C(Br)c1ccc(Cl)cc1C(O)C(=O)O. The molecule has 0 radical (unpaired) electrons. The van der Waals surface area contributed by atoms with Crippen LogP contribution in [-0.4, -0.2) is 22.0 Å². The van der Waals surface area contributed by atoms with Gasteiger partial charge in [0.25, 0.3) is 0 Å². The number of Topliss-reactive ketones (excluding diaryl/α,β-unsaturated/α-hetero) is 1. The molecule has 0 aromatic heterocycles. The van der Waals surface area contributed by atoms with Crippen molar-refractivity contribution < 1.29 is 19.8 Å². The summed E-state index contributed by atoms with van der Waals surface area (Å²) in [7, 11) is 0. The lowest BCUT2D eigenvalue weighted by atomic mass is 9.98. The van der Waals surface area contributed by atoms with Gasteiger partial charge >= 0.3 is 5.97 Å². The molecule has 1 rings (SSSR count). The third-order valence-electron chi connectivity index (χ3n) is 2.21. The maximum absolute atomic E-state index is 11.3. The second-order valence-corrected chi connectivity index (χ2v) is 4.84. The van der Waals surface area contributed by atoms with E-state index in [1.54, 1.807) is 0 Å². The van der Waals surface area contributed by atoms with Crippen LogP contribution in [0.5, 0.6) is 0 Å². The maximum atomic E-state index is 11.3. The van der Waals surface area contributed by atoms with Crippen molar-refractivity contribution in [2.24, 2.45) is 0 Å². The Bertz CT molecular complexity index is 461. The molecule has 0 saturated carbocycles. The van der Waals surface area contributed by atoms with Crippen LogP contribution < -0.4 is 0 Å². The van der Waals surface area contributed by atoms with Gasteiger partial charge in [-0.15, -0.1) is 0 Å². The van der Waals surface area contributed by atoms with Crippen LogP contribution in [0.1, 0.15) is 29.0 Å². The molecule has 2 unspecified atom stereocenters. The summed E-state index contributed by atoms with van der Waals surface area (Å²) in [5.74, 6) is -1.58. The number of carbonyl (C=O) groups is 2. The summed E-state index contributed by atoms with van der Waals surface area (Å²) >= 11 is 8.89. The number of benzene rings is 1. The van der Waals surface area contributed by atoms with E-state index in [4.69, 9.17) is 16.7 Å². The van der Waals surface area contributed by atoms with E-state index in [1.807, 2.05) is 0 Å². The molecular weight excluding hydrogens is 311 g/mol. The minimum Gasteiger partial charge on any atom is -0.479 e. The molecule has 17 heavy (non-hydrogen) atoms. The molecule has 0 bridgehead atoms. The molecule has 0 spiro atoms. The van der Waals surface area contributed by atoms with Crippen molar-refractivity contribution in [3.63, 3.8) is 0 Å². The predicted molar refractivity (Wildman–Crippen MR) is 66.4 cm³/mol. The van der Waals surface area contributed by atoms with E-state index < -0.39 is 16.9 Å². The highest BCUT2D eigenvalue weighted by atomic mass is 79.9. The largest absolute Gasteiger partial charge is 0.479 e. The minimum atomic E-state index is -1.71. The van der Waals surface area contributed by atoms with Crippen LogP contribution in [0.3, 0.4) is 0 Å². The summed E-state index contributed by atoms with van der Waals surface area (Å²) in [6.45, 7) is 1.37. The molecule has 4 nitrogen and oxygen atoms in total. The number of halogens is 2. The van der Waals surface area contributed by atoms with Crippen LogP contribution in [0.25, 0.3) is 0 Å². The number of hydrogen-bond donors (Lipinski definition) is 2. The number of ketones is 1. The molecule has 2 N–H and O–H groups in total. The topological polar surface area (TPSA) is 74.6 Å². The lowest BCUT2D eigenvalue weighted by Gasteiger charge is -2.15. The Balaban J connectivity index is 3.30.